The number of rotatable bonds is 9. The van der Waals surface area contributed by atoms with E-state index in [0.717, 1.165) is 15.4 Å². The molecule has 10 nitrogen and oxygen atoms in total. The molecule has 0 aliphatic heterocycles. The molecule has 2 aromatic rings. The molecule has 1 heterocycles. The predicted octanol–water partition coefficient (Wildman–Crippen LogP) is 5.03. The van der Waals surface area contributed by atoms with Crippen molar-refractivity contribution in [2.24, 2.45) is 21.5 Å². The third-order valence-corrected chi connectivity index (χ3v) is 7.60. The first-order valence-electron chi connectivity index (χ1n) is 11.7. The van der Waals surface area contributed by atoms with Crippen LogP contribution in [0.15, 0.2) is 44.2 Å². The van der Waals surface area contributed by atoms with Crippen molar-refractivity contribution in [3.63, 3.8) is 0 Å². The van der Waals surface area contributed by atoms with Gasteiger partial charge in [-0.25, -0.2) is 8.42 Å². The normalized spacial score (nSPS) is 12.9. The van der Waals surface area contributed by atoms with Gasteiger partial charge in [-0.3, -0.25) is 15.2 Å². The number of aromatic hydroxyl groups is 1. The molecule has 0 saturated carbocycles. The van der Waals surface area contributed by atoms with Crippen molar-refractivity contribution in [1.29, 1.82) is 5.26 Å². The summed E-state index contributed by atoms with van der Waals surface area (Å²) in [7, 11) is -3.97. The molecule has 0 bridgehead atoms. The molecule has 0 amide bonds. The van der Waals surface area contributed by atoms with Crippen LogP contribution < -0.4 is 11.4 Å². The summed E-state index contributed by atoms with van der Waals surface area (Å²) in [6.45, 7) is 13.3. The lowest BCUT2D eigenvalue weighted by atomic mass is 9.82. The molecule has 0 spiro atoms. The van der Waals surface area contributed by atoms with Crippen LogP contribution in [0.2, 0.25) is 0 Å². The van der Waals surface area contributed by atoms with Gasteiger partial charge in [0.2, 0.25) is 5.88 Å². The second-order valence-electron chi connectivity index (χ2n) is 10.6. The molecule has 3 N–H and O–H groups in total. The summed E-state index contributed by atoms with van der Waals surface area (Å²) in [6, 6.07) is 7.58. The van der Waals surface area contributed by atoms with Crippen LogP contribution in [0.4, 0.5) is 11.4 Å². The molecule has 36 heavy (non-hydrogen) atoms. The van der Waals surface area contributed by atoms with Crippen LogP contribution in [-0.4, -0.2) is 28.0 Å². The summed E-state index contributed by atoms with van der Waals surface area (Å²) in [6.07, 6.45) is 1.98. The van der Waals surface area contributed by atoms with E-state index in [9.17, 15) is 23.6 Å². The number of pyridine rings is 1. The monoisotopic (exact) mass is 516 g/mol. The molecule has 196 valence electrons. The van der Waals surface area contributed by atoms with E-state index in [2.05, 4.69) is 10.2 Å². The van der Waals surface area contributed by atoms with Crippen LogP contribution in [0, 0.1) is 23.7 Å². The Kier molecular flexibility index (Phi) is 8.83. The molecular formula is C25H36N6O4S. The number of hydrazine groups is 1. The summed E-state index contributed by atoms with van der Waals surface area (Å²) in [5.41, 5.74) is -1.08. The van der Waals surface area contributed by atoms with E-state index in [4.69, 9.17) is 5.84 Å². The smallest absolute Gasteiger partial charge is 0.281 e. The fourth-order valence-electron chi connectivity index (χ4n) is 4.19. The molecule has 0 unspecified atom stereocenters. The van der Waals surface area contributed by atoms with Gasteiger partial charge in [-0.1, -0.05) is 34.1 Å². The van der Waals surface area contributed by atoms with Crippen LogP contribution >= 0.6 is 0 Å². The predicted molar refractivity (Wildman–Crippen MR) is 139 cm³/mol. The lowest BCUT2D eigenvalue weighted by Crippen LogP contribution is -2.53. The van der Waals surface area contributed by atoms with Crippen LogP contribution in [-0.2, 0) is 16.6 Å². The Labute approximate surface area is 213 Å². The minimum Gasteiger partial charge on any atom is -0.493 e. The number of sulfonamides is 1. The Morgan fingerprint density at radius 1 is 1.14 bits per heavy atom. The zero-order valence-corrected chi connectivity index (χ0v) is 22.8. The van der Waals surface area contributed by atoms with Crippen molar-refractivity contribution >= 4 is 21.4 Å². The summed E-state index contributed by atoms with van der Waals surface area (Å²) in [5.74, 6) is 5.70. The van der Waals surface area contributed by atoms with Gasteiger partial charge in [-0.2, -0.15) is 10.4 Å². The molecule has 0 fully saturated rings. The quantitative estimate of drug-likeness (QED) is 0.271. The van der Waals surface area contributed by atoms with Crippen molar-refractivity contribution < 1.29 is 13.5 Å². The molecule has 0 aliphatic rings. The first-order chi connectivity index (χ1) is 16.6. The molecule has 11 heteroatoms. The Bertz CT molecular complexity index is 1330. The van der Waals surface area contributed by atoms with E-state index in [1.54, 1.807) is 13.8 Å². The fourth-order valence-corrected chi connectivity index (χ4v) is 5.61. The number of unbranched alkanes of at least 4 members (excludes halogenated alkanes) is 1. The topological polar surface area (TPSA) is 154 Å². The maximum absolute atomic E-state index is 13.1. The zero-order chi connectivity index (χ0) is 27.5. The lowest BCUT2D eigenvalue weighted by molar-refractivity contribution is 0.156. The number of nitriles is 1. The molecule has 1 aromatic carbocycles. The Morgan fingerprint density at radius 2 is 1.72 bits per heavy atom. The Balaban J connectivity index is 2.40. The van der Waals surface area contributed by atoms with Crippen LogP contribution in [0.25, 0.3) is 0 Å². The van der Waals surface area contributed by atoms with Gasteiger partial charge in [0, 0.05) is 17.6 Å². The number of hydrogen-bond donors (Lipinski definition) is 2. The zero-order valence-electron chi connectivity index (χ0n) is 22.0. The van der Waals surface area contributed by atoms with Crippen LogP contribution in [0.1, 0.15) is 71.9 Å². The van der Waals surface area contributed by atoms with Gasteiger partial charge < -0.3 is 5.11 Å². The van der Waals surface area contributed by atoms with Gasteiger partial charge in [0.25, 0.3) is 15.6 Å². The van der Waals surface area contributed by atoms with Gasteiger partial charge in [0.15, 0.2) is 5.69 Å². The molecule has 0 aliphatic carbocycles. The number of azo groups is 1. The summed E-state index contributed by atoms with van der Waals surface area (Å²) in [5, 5.41) is 27.9. The second kappa shape index (κ2) is 10.9. The standard InChI is InChI=1S/C25H36N6O4S/c1-8-9-14-30-22(32)20(15-26)17(2)21(23(30)33)29-28-18-10-12-19(13-11-18)36(34,35)31(27)25(6,7)16-24(3,4)5/h10-13,32H,8-9,14,16,27H2,1-7H3. The average molecular weight is 517 g/mol. The third-order valence-electron chi connectivity index (χ3n) is 5.72. The highest BCUT2D eigenvalue weighted by Crippen LogP contribution is 2.33. The highest BCUT2D eigenvalue weighted by Gasteiger charge is 2.37. The molecule has 1 aromatic heterocycles. The number of nitrogens with two attached hydrogens (primary N) is 1. The summed E-state index contributed by atoms with van der Waals surface area (Å²) >= 11 is 0. The molecule has 0 atom stereocenters. The van der Waals surface area contributed by atoms with Crippen molar-refractivity contribution in [3.05, 3.63) is 45.7 Å². The van der Waals surface area contributed by atoms with Crippen molar-refractivity contribution in [2.45, 2.75) is 84.7 Å². The Hall–Kier alpha value is -3.07. The van der Waals surface area contributed by atoms with E-state index in [-0.39, 0.29) is 39.5 Å². The maximum atomic E-state index is 13.1. The highest BCUT2D eigenvalue weighted by atomic mass is 32.2. The van der Waals surface area contributed by atoms with Crippen molar-refractivity contribution in [1.82, 2.24) is 8.98 Å². The van der Waals surface area contributed by atoms with Crippen LogP contribution in [0.5, 0.6) is 5.88 Å². The summed E-state index contributed by atoms with van der Waals surface area (Å²) in [4.78, 5) is 12.9. The third kappa shape index (κ3) is 6.37. The van der Waals surface area contributed by atoms with Gasteiger partial charge in [0.1, 0.15) is 11.6 Å². The number of hydrogen-bond acceptors (Lipinski definition) is 8. The lowest BCUT2D eigenvalue weighted by Gasteiger charge is -2.38. The molecular weight excluding hydrogens is 480 g/mol. The molecule has 0 saturated heterocycles. The SMILES string of the molecule is CCCCn1c(O)c(C#N)c(C)c(N=Nc2ccc(S(=O)(=O)N(N)C(C)(C)CC(C)(C)C)cc2)c1=O. The molecule has 2 rings (SSSR count). The van der Waals surface area contributed by atoms with Gasteiger partial charge in [0.05, 0.1) is 10.6 Å². The highest BCUT2D eigenvalue weighted by molar-refractivity contribution is 7.89. The number of aromatic nitrogens is 1. The van der Waals surface area contributed by atoms with E-state index >= 15 is 0 Å². The van der Waals surface area contributed by atoms with Crippen molar-refractivity contribution in [2.75, 3.05) is 0 Å². The van der Waals surface area contributed by atoms with E-state index in [1.807, 2.05) is 33.8 Å². The number of benzene rings is 1. The molecule has 0 radical (unpaired) electrons. The van der Waals surface area contributed by atoms with Gasteiger partial charge in [-0.15, -0.1) is 9.53 Å². The first-order valence-corrected chi connectivity index (χ1v) is 13.2. The average Bonchev–Trinajstić information content (AvgIpc) is 2.77. The minimum absolute atomic E-state index is 0.000404. The van der Waals surface area contributed by atoms with Gasteiger partial charge in [-0.05, 0) is 63.3 Å². The van der Waals surface area contributed by atoms with E-state index in [1.165, 1.54) is 31.2 Å². The Morgan fingerprint density at radius 3 is 2.22 bits per heavy atom. The first kappa shape index (κ1) is 29.2. The van der Waals surface area contributed by atoms with Gasteiger partial charge >= 0.3 is 0 Å². The number of nitrogens with zero attached hydrogens (tertiary/aromatic N) is 5. The largest absolute Gasteiger partial charge is 0.493 e. The van der Waals surface area contributed by atoms with E-state index in [0.29, 0.717) is 18.5 Å². The van der Waals surface area contributed by atoms with Crippen molar-refractivity contribution in [3.8, 4) is 11.9 Å². The fraction of sp³-hybridized carbons (Fsp3) is 0.520. The maximum Gasteiger partial charge on any atom is 0.281 e. The second-order valence-corrected chi connectivity index (χ2v) is 12.5. The van der Waals surface area contributed by atoms with Crippen LogP contribution in [0.3, 0.4) is 0 Å². The summed E-state index contributed by atoms with van der Waals surface area (Å²) < 4.78 is 28.3. The van der Waals surface area contributed by atoms with E-state index < -0.39 is 21.1 Å². The minimum atomic E-state index is -3.97.